The molecule has 0 spiro atoms. The number of aliphatic hydroxyl groups excluding tert-OH is 17. The average Bonchev–Trinajstić information content (AvgIpc) is 1.70. The first kappa shape index (κ1) is 120. The third-order valence-electron chi connectivity index (χ3n) is 24.2. The number of hydrogen-bond donors (Lipinski definition) is 22. The van der Waals surface area contributed by atoms with Gasteiger partial charge in [-0.15, -0.1) is 0 Å². The summed E-state index contributed by atoms with van der Waals surface area (Å²) in [7, 11) is -4.41. The Hall–Kier alpha value is -14.6. The summed E-state index contributed by atoms with van der Waals surface area (Å²) in [5.74, 6) is -16.7. The van der Waals surface area contributed by atoms with E-state index in [0.717, 1.165) is 43.6 Å². The Bertz CT molecular complexity index is 6440. The van der Waals surface area contributed by atoms with Crippen molar-refractivity contribution in [3.05, 3.63) is 144 Å². The number of nitrogens with one attached hydrogen (secondary N) is 4. The zero-order chi connectivity index (χ0) is 110. The van der Waals surface area contributed by atoms with Crippen molar-refractivity contribution in [2.45, 2.75) is 268 Å². The van der Waals surface area contributed by atoms with Crippen molar-refractivity contribution < 1.29 is 109 Å². The fraction of sp³-hybridized carbons (Fsp3) is 0.524. The normalized spacial score (nSPS) is 17.6. The molecule has 4 aromatic heterocycles. The number of aromatic amines is 4. The van der Waals surface area contributed by atoms with Crippen molar-refractivity contribution in [2.24, 2.45) is 138 Å². The Morgan fingerprint density at radius 2 is 0.591 bits per heavy atom. The number of aromatic nitrogens is 4. The molecule has 0 aliphatic carbocycles. The van der Waals surface area contributed by atoms with Gasteiger partial charge in [0, 0.05) is 94.1 Å². The molecule has 15 atom stereocenters. The number of rotatable bonds is 58. The predicted octanol–water partition coefficient (Wildman–Crippen LogP) is 17.8. The van der Waals surface area contributed by atoms with Crippen molar-refractivity contribution in [1.29, 1.82) is 0 Å². The maximum absolute atomic E-state index is 13.0. The van der Waals surface area contributed by atoms with Crippen LogP contribution >= 0.6 is 0 Å². The molecule has 44 heteroatoms. The molecule has 0 amide bonds. The van der Waals surface area contributed by atoms with Crippen LogP contribution in [0.5, 0.6) is 0 Å². The van der Waals surface area contributed by atoms with E-state index in [1.54, 1.807) is 80.2 Å². The molecule has 0 aliphatic rings. The molecule has 149 heavy (non-hydrogen) atoms. The van der Waals surface area contributed by atoms with Crippen LogP contribution in [-0.2, 0) is 45.3 Å². The Morgan fingerprint density at radius 3 is 0.919 bits per heavy atom. The minimum absolute atomic E-state index is 0.00359. The Kier molecular flexibility index (Phi) is 45.4. The van der Waals surface area contributed by atoms with Gasteiger partial charge in [0.15, 0.2) is 12.3 Å². The number of carbonyl (C=O) groups is 1. The first-order valence-corrected chi connectivity index (χ1v) is 51.6. The Balaban J connectivity index is 1.16. The minimum Gasteiger partial charge on any atom is -0.499 e. The molecule has 4 heterocycles. The molecule has 812 valence electrons. The van der Waals surface area contributed by atoms with Gasteiger partial charge < -0.3 is 111 Å². The molecule has 0 fully saturated rings. The zero-order valence-electron chi connectivity index (χ0n) is 87.8. The van der Waals surface area contributed by atoms with Crippen LogP contribution in [0.3, 0.4) is 0 Å². The first-order valence-electron chi connectivity index (χ1n) is 49.9. The van der Waals surface area contributed by atoms with E-state index in [1.807, 2.05) is 152 Å². The van der Waals surface area contributed by atoms with Crippen molar-refractivity contribution in [3.8, 4) is 0 Å². The summed E-state index contributed by atoms with van der Waals surface area (Å²) >= 11 is 0. The molecule has 0 aliphatic heterocycles. The van der Waals surface area contributed by atoms with Crippen molar-refractivity contribution in [1.82, 2.24) is 19.9 Å². The molecule has 0 radical (unpaired) electrons. The molecular formula is C105H149N21O22S. The number of carbonyl (C=O) groups excluding carboxylic acids is 1. The summed E-state index contributed by atoms with van der Waals surface area (Å²) in [4.78, 5) is 101. The summed E-state index contributed by atoms with van der Waals surface area (Å²) in [5.41, 5.74) is 5.38. The summed E-state index contributed by atoms with van der Waals surface area (Å²) in [6.45, 7) is 30.6. The van der Waals surface area contributed by atoms with E-state index in [-0.39, 0.29) is 87.5 Å². The highest BCUT2D eigenvalue weighted by atomic mass is 32.2. The van der Waals surface area contributed by atoms with Gasteiger partial charge in [-0.1, -0.05) is 184 Å². The van der Waals surface area contributed by atoms with E-state index >= 15 is 0 Å². The summed E-state index contributed by atoms with van der Waals surface area (Å²) < 4.78 is 36.8. The van der Waals surface area contributed by atoms with Crippen LogP contribution in [0.2, 0.25) is 0 Å². The fourth-order valence-corrected chi connectivity index (χ4v) is 16.5. The molecule has 43 nitrogen and oxygen atoms in total. The van der Waals surface area contributed by atoms with Crippen molar-refractivity contribution in [3.63, 3.8) is 0 Å². The molecule has 0 bridgehead atoms. The monoisotopic (exact) mass is 2090 g/mol. The first-order chi connectivity index (χ1) is 70.3. The van der Waals surface area contributed by atoms with Gasteiger partial charge in [-0.25, -0.2) is 74.9 Å². The standard InChI is InChI=1S/C105H149N21O22S/c1-54(2)40-77(116-91(130)63(18)114-85(128)52-112-101(140)86(58(9)10)113-53-127)94(133)115-64(19)92(131)124-88(60(13)14)103(142)126-89(61(15)16)104(143)125-87(59(11)12)102(141)123-84(47-68-51-111-76-35-27-23-31-72(68)76)100(139)119-80(43-57(7)8)97(136)122-83(46-67-50-110-75-34-26-22-30-71(67)75)99(138)118-79(42-56(5)6)96(135)121-82(45-66-49-109-74-33-25-21-29-70(66)74)98(137)117-78(41-55(3)4)95(134)120-81(44-65-48-108-73-32-24-20-28-69(65)73)93(132)106-36-38-148-105(144)62(17)90(129)107-37-39-149(145,146)147/h20-35,48-51,53-64,77-84,86-89,108-111H,36-47,52H2,1-19H3,(H,106,132)(H,107,129)(H,112,140)(H,113,127)(H,114,128)(H,115,133)(H,116,130)(H,117,137)(H,118,138)(H,119,139)(H,120,134)(H,121,135)(H,122,136)(H,123,141)(H,124,131)(H,125,143)(H,126,142)(H,145,146,147)/t62?,63-,64-,77+,78+,79+,80+,81-,82-,83-,84-,86-,87+,88+,89-/m0/s1. The molecule has 8 rings (SSSR count). The summed E-state index contributed by atoms with van der Waals surface area (Å²) in [6.07, 6.45) is 7.04. The Morgan fingerprint density at radius 1 is 0.315 bits per heavy atom. The SMILES string of the molecule is CC(C)C[C@@H](N=C(O)[C@H](C)N=C(O)CN=C(O)[C@@H](N=CO)C(C)C)C(O)=N[C@@H](C)C(O)=N[C@@H](C(O)=N[C@H](C(O)=N[C@@H](C(O)=N[C@@H](Cc1c[nH]c2ccccc12)C(O)=N[C@H](CC(C)C)C(O)=N[C@@H](Cc1c[nH]c2ccccc12)C(O)=N[C@H](CC(C)C)C(O)=N[C@@H](Cc1c[nH]c2ccccc12)C(O)=N[C@H](CC(C)C)C(O)=N[C@@H](Cc1c[nH]c2ccccc12)C(O)=NCCOC(=O)C(C)C(O)=NCCS(=O)(=O)O)C(C)C)C(C)C)C(C)C. The maximum Gasteiger partial charge on any atom is 0.318 e. The number of H-pyrrole nitrogens is 4. The van der Waals surface area contributed by atoms with Crippen LogP contribution in [0.25, 0.3) is 43.6 Å². The van der Waals surface area contributed by atoms with Gasteiger partial charge in [-0.2, -0.15) is 8.42 Å². The second-order valence-electron chi connectivity index (χ2n) is 40.0. The van der Waals surface area contributed by atoms with Crippen LogP contribution in [0.4, 0.5) is 0 Å². The van der Waals surface area contributed by atoms with Crippen LogP contribution in [0.1, 0.15) is 179 Å². The molecule has 4 aromatic carbocycles. The second kappa shape index (κ2) is 56.5. The second-order valence-corrected chi connectivity index (χ2v) is 41.6. The largest absolute Gasteiger partial charge is 0.499 e. The maximum atomic E-state index is 13.0. The van der Waals surface area contributed by atoms with Gasteiger partial charge in [0.2, 0.25) is 88.5 Å². The molecular weight excluding hydrogens is 1940 g/mol. The number of aliphatic imine (C=N–C) groups is 17. The van der Waals surface area contributed by atoms with Gasteiger partial charge in [0.25, 0.3) is 10.1 Å². The van der Waals surface area contributed by atoms with E-state index < -0.39 is 244 Å². The van der Waals surface area contributed by atoms with Crippen LogP contribution < -0.4 is 0 Å². The van der Waals surface area contributed by atoms with Gasteiger partial charge >= 0.3 is 5.97 Å². The summed E-state index contributed by atoms with van der Waals surface area (Å²) in [5, 5.41) is 203. The van der Waals surface area contributed by atoms with Crippen LogP contribution in [-0.4, -0.2) is 343 Å². The number of aliphatic hydroxyl groups is 17. The van der Waals surface area contributed by atoms with Crippen molar-refractivity contribution >= 4 is 160 Å². The number of nitrogens with zero attached hydrogens (tertiary/aromatic N) is 17. The highest BCUT2D eigenvalue weighted by molar-refractivity contribution is 7.85. The third kappa shape index (κ3) is 36.4. The molecule has 22 N–H and O–H groups in total. The fourth-order valence-electron chi connectivity index (χ4n) is 16.2. The summed E-state index contributed by atoms with van der Waals surface area (Å²) in [6, 6.07) is 10.8. The lowest BCUT2D eigenvalue weighted by atomic mass is 10.0. The smallest absolute Gasteiger partial charge is 0.318 e. The number of fused-ring (bicyclic) bond motifs is 4. The zero-order valence-corrected chi connectivity index (χ0v) is 88.6. The topological polar surface area (TPSA) is 698 Å². The third-order valence-corrected chi connectivity index (χ3v) is 24.9. The number of hydrogen-bond acceptors (Lipinski definition) is 21. The van der Waals surface area contributed by atoms with E-state index in [4.69, 9.17) is 39.2 Å². The minimum atomic E-state index is -4.41. The van der Waals surface area contributed by atoms with E-state index in [1.165, 1.54) is 20.8 Å². The van der Waals surface area contributed by atoms with Gasteiger partial charge in [-0.05, 0) is 140 Å². The van der Waals surface area contributed by atoms with E-state index in [2.05, 4.69) is 74.9 Å². The molecule has 8 aromatic rings. The molecule has 0 saturated carbocycles. The lowest BCUT2D eigenvalue weighted by Gasteiger charge is -2.23. The van der Waals surface area contributed by atoms with Gasteiger partial charge in [0.05, 0.1) is 18.8 Å². The predicted molar refractivity (Wildman–Crippen MR) is 593 cm³/mol. The molecule has 0 saturated heterocycles. The lowest BCUT2D eigenvalue weighted by molar-refractivity contribution is -0.145. The quantitative estimate of drug-likeness (QED) is 0.00553. The van der Waals surface area contributed by atoms with E-state index in [0.29, 0.717) is 28.7 Å². The average molecular weight is 2090 g/mol. The van der Waals surface area contributed by atoms with Crippen LogP contribution in [0.15, 0.2) is 207 Å². The van der Waals surface area contributed by atoms with E-state index in [9.17, 15) is 100 Å². The Labute approximate surface area is 866 Å². The number of esters is 1. The highest BCUT2D eigenvalue weighted by Gasteiger charge is 2.36. The van der Waals surface area contributed by atoms with Crippen LogP contribution in [0, 0.1) is 53.3 Å². The van der Waals surface area contributed by atoms with Crippen molar-refractivity contribution in [2.75, 3.05) is 32.0 Å². The molecule has 1 unspecified atom stereocenters. The number of para-hydroxylation sites is 4. The number of benzene rings is 4. The highest BCUT2D eigenvalue weighted by Crippen LogP contribution is 2.30. The lowest BCUT2D eigenvalue weighted by Crippen LogP contribution is -2.35. The van der Waals surface area contributed by atoms with Gasteiger partial charge in [-0.3, -0.25) is 19.3 Å². The number of ether oxygens (including phenoxy) is 1. The van der Waals surface area contributed by atoms with Gasteiger partial charge in [0.1, 0.15) is 104 Å².